The number of rotatable bonds is 3. The standard InChI is InChI=1S/C10H9NO2/c1-13-10-4-2-8(3-5-10)9(6-11)7-12/h2-5,7,11H,1H3. The Morgan fingerprint density at radius 3 is 2.46 bits per heavy atom. The number of ether oxygens (including phenoxy) is 1. The van der Waals surface area contributed by atoms with Gasteiger partial charge in [0.25, 0.3) is 0 Å². The maximum Gasteiger partial charge on any atom is 0.159 e. The van der Waals surface area contributed by atoms with Crippen LogP contribution in [-0.4, -0.2) is 19.3 Å². The van der Waals surface area contributed by atoms with E-state index in [0.29, 0.717) is 11.8 Å². The molecule has 0 aromatic heterocycles. The Balaban J connectivity index is 3.04. The average Bonchev–Trinajstić information content (AvgIpc) is 2.21. The zero-order chi connectivity index (χ0) is 9.68. The lowest BCUT2D eigenvalue weighted by molar-refractivity contribution is -0.103. The summed E-state index contributed by atoms with van der Waals surface area (Å²) in [6.07, 6.45) is 0.606. The minimum atomic E-state index is 0.239. The molecule has 0 saturated heterocycles. The SMILES string of the molecule is COc1ccc(C(=C=N)C=O)cc1. The molecule has 0 fully saturated rings. The molecule has 3 nitrogen and oxygen atoms in total. The van der Waals surface area contributed by atoms with Crippen LogP contribution in [0.25, 0.3) is 5.57 Å². The first-order valence-electron chi connectivity index (χ1n) is 3.71. The molecule has 1 aromatic rings. The number of carbonyl (C=O) groups excluding carboxylic acids is 1. The molecule has 0 saturated carbocycles. The molecule has 1 N–H and O–H groups in total. The van der Waals surface area contributed by atoms with Crippen molar-refractivity contribution in [3.63, 3.8) is 0 Å². The number of methoxy groups -OCH3 is 1. The van der Waals surface area contributed by atoms with Gasteiger partial charge in [-0.05, 0) is 35.7 Å². The fourth-order valence-electron chi connectivity index (χ4n) is 0.940. The van der Waals surface area contributed by atoms with Gasteiger partial charge in [-0.15, -0.1) is 0 Å². The van der Waals surface area contributed by atoms with Crippen molar-refractivity contribution in [2.24, 2.45) is 0 Å². The number of benzene rings is 1. The first kappa shape index (κ1) is 9.23. The van der Waals surface area contributed by atoms with Gasteiger partial charge in [0.1, 0.15) is 5.75 Å². The number of hydrogen-bond acceptors (Lipinski definition) is 3. The zero-order valence-electron chi connectivity index (χ0n) is 7.20. The lowest BCUT2D eigenvalue weighted by Crippen LogP contribution is -1.87. The van der Waals surface area contributed by atoms with Gasteiger partial charge in [0.2, 0.25) is 0 Å². The van der Waals surface area contributed by atoms with E-state index in [2.05, 4.69) is 5.87 Å². The van der Waals surface area contributed by atoms with Gasteiger partial charge in [-0.2, -0.15) is 0 Å². The van der Waals surface area contributed by atoms with Gasteiger partial charge in [0, 0.05) is 0 Å². The van der Waals surface area contributed by atoms with Crippen LogP contribution in [-0.2, 0) is 4.79 Å². The lowest BCUT2D eigenvalue weighted by atomic mass is 10.1. The molecule has 0 radical (unpaired) electrons. The Morgan fingerprint density at radius 2 is 2.08 bits per heavy atom. The monoisotopic (exact) mass is 175 g/mol. The molecule has 0 amide bonds. The van der Waals surface area contributed by atoms with Crippen molar-refractivity contribution in [2.45, 2.75) is 0 Å². The van der Waals surface area contributed by atoms with Crippen molar-refractivity contribution < 1.29 is 9.53 Å². The van der Waals surface area contributed by atoms with E-state index in [-0.39, 0.29) is 5.57 Å². The van der Waals surface area contributed by atoms with Crippen LogP contribution in [0.3, 0.4) is 0 Å². The third kappa shape index (κ3) is 2.04. The second-order valence-electron chi connectivity index (χ2n) is 2.39. The largest absolute Gasteiger partial charge is 0.497 e. The first-order valence-corrected chi connectivity index (χ1v) is 3.71. The highest BCUT2D eigenvalue weighted by atomic mass is 16.5. The van der Waals surface area contributed by atoms with Crippen LogP contribution >= 0.6 is 0 Å². The normalized spacial score (nSPS) is 8.69. The molecule has 0 aliphatic heterocycles. The van der Waals surface area contributed by atoms with E-state index < -0.39 is 0 Å². The van der Waals surface area contributed by atoms with E-state index in [1.807, 2.05) is 0 Å². The highest BCUT2D eigenvalue weighted by Gasteiger charge is 1.99. The van der Waals surface area contributed by atoms with Crippen molar-refractivity contribution in [1.29, 1.82) is 5.41 Å². The van der Waals surface area contributed by atoms with Gasteiger partial charge >= 0.3 is 0 Å². The van der Waals surface area contributed by atoms with Crippen LogP contribution < -0.4 is 4.74 Å². The quantitative estimate of drug-likeness (QED) is 0.430. The number of aldehydes is 1. The average molecular weight is 175 g/mol. The Morgan fingerprint density at radius 1 is 1.46 bits per heavy atom. The molecule has 3 heteroatoms. The van der Waals surface area contributed by atoms with Gasteiger partial charge in [-0.25, -0.2) is 0 Å². The summed E-state index contributed by atoms with van der Waals surface area (Å²) in [5, 5.41) is 6.85. The second kappa shape index (κ2) is 4.24. The molecule has 0 bridgehead atoms. The fourth-order valence-corrected chi connectivity index (χ4v) is 0.940. The predicted molar refractivity (Wildman–Crippen MR) is 50.2 cm³/mol. The first-order chi connectivity index (χ1) is 6.31. The molecule has 0 spiro atoms. The predicted octanol–water partition coefficient (Wildman–Crippen LogP) is 1.53. The minimum absolute atomic E-state index is 0.239. The van der Waals surface area contributed by atoms with E-state index in [4.69, 9.17) is 10.1 Å². The summed E-state index contributed by atoms with van der Waals surface area (Å²) in [5.41, 5.74) is 0.911. The summed E-state index contributed by atoms with van der Waals surface area (Å²) in [5.74, 6) is 2.78. The van der Waals surface area contributed by atoms with Crippen molar-refractivity contribution in [3.05, 3.63) is 29.8 Å². The Labute approximate surface area is 76.2 Å². The van der Waals surface area contributed by atoms with Crippen LogP contribution in [0.1, 0.15) is 5.56 Å². The van der Waals surface area contributed by atoms with Crippen LogP contribution in [0.5, 0.6) is 5.75 Å². The summed E-state index contributed by atoms with van der Waals surface area (Å²) >= 11 is 0. The number of carbonyl (C=O) groups is 1. The van der Waals surface area contributed by atoms with E-state index in [1.165, 1.54) is 0 Å². The van der Waals surface area contributed by atoms with Gasteiger partial charge in [0.15, 0.2) is 6.29 Å². The summed E-state index contributed by atoms with van der Waals surface area (Å²) in [4.78, 5) is 10.4. The highest BCUT2D eigenvalue weighted by molar-refractivity contribution is 6.17. The summed E-state index contributed by atoms with van der Waals surface area (Å²) in [6, 6.07) is 6.89. The molecule has 13 heavy (non-hydrogen) atoms. The fraction of sp³-hybridized carbons (Fsp3) is 0.100. The Bertz CT molecular complexity index is 348. The maximum atomic E-state index is 10.4. The Hall–Kier alpha value is -1.86. The number of nitrogens with one attached hydrogen (secondary N) is 1. The Kier molecular flexibility index (Phi) is 3.01. The molecule has 0 unspecified atom stereocenters. The molecule has 0 aliphatic rings. The van der Waals surface area contributed by atoms with Gasteiger partial charge < -0.3 is 4.74 Å². The van der Waals surface area contributed by atoms with Crippen LogP contribution in [0.4, 0.5) is 0 Å². The minimum Gasteiger partial charge on any atom is -0.497 e. The lowest BCUT2D eigenvalue weighted by Gasteiger charge is -2.00. The van der Waals surface area contributed by atoms with Gasteiger partial charge in [-0.1, -0.05) is 0 Å². The van der Waals surface area contributed by atoms with Crippen LogP contribution in [0, 0.1) is 5.41 Å². The molecule has 0 heterocycles. The third-order valence-electron chi connectivity index (χ3n) is 1.65. The van der Waals surface area contributed by atoms with Crippen molar-refractivity contribution in [3.8, 4) is 5.75 Å². The highest BCUT2D eigenvalue weighted by Crippen LogP contribution is 2.15. The zero-order valence-corrected chi connectivity index (χ0v) is 7.20. The van der Waals surface area contributed by atoms with Crippen molar-refractivity contribution in [2.75, 3.05) is 7.11 Å². The van der Waals surface area contributed by atoms with Crippen LogP contribution in [0.2, 0.25) is 0 Å². The third-order valence-corrected chi connectivity index (χ3v) is 1.65. The van der Waals surface area contributed by atoms with Gasteiger partial charge in [0.05, 0.1) is 12.7 Å². The van der Waals surface area contributed by atoms with E-state index in [9.17, 15) is 4.79 Å². The molecule has 1 aromatic carbocycles. The summed E-state index contributed by atoms with van der Waals surface area (Å²) in [7, 11) is 1.57. The smallest absolute Gasteiger partial charge is 0.159 e. The molecule has 66 valence electrons. The number of allylic oxidation sites excluding steroid dienone is 1. The molecule has 0 aliphatic carbocycles. The van der Waals surface area contributed by atoms with Crippen molar-refractivity contribution >= 4 is 17.7 Å². The van der Waals surface area contributed by atoms with E-state index in [0.717, 1.165) is 5.75 Å². The summed E-state index contributed by atoms with van der Waals surface area (Å²) in [6.45, 7) is 0. The molecular weight excluding hydrogens is 166 g/mol. The van der Waals surface area contributed by atoms with E-state index in [1.54, 1.807) is 31.4 Å². The second-order valence-corrected chi connectivity index (χ2v) is 2.39. The van der Waals surface area contributed by atoms with Crippen molar-refractivity contribution in [1.82, 2.24) is 0 Å². The topological polar surface area (TPSA) is 50.1 Å². The summed E-state index contributed by atoms with van der Waals surface area (Å²) < 4.78 is 4.95. The van der Waals surface area contributed by atoms with Crippen LogP contribution in [0.15, 0.2) is 24.3 Å². The van der Waals surface area contributed by atoms with Gasteiger partial charge in [-0.3, -0.25) is 10.2 Å². The molecule has 0 atom stereocenters. The molecule has 1 rings (SSSR count). The number of hydrogen-bond donors (Lipinski definition) is 1. The molecular formula is C10H9NO2. The maximum absolute atomic E-state index is 10.4. The van der Waals surface area contributed by atoms with E-state index >= 15 is 0 Å².